The van der Waals surface area contributed by atoms with Crippen molar-refractivity contribution in [1.82, 2.24) is 5.32 Å². The summed E-state index contributed by atoms with van der Waals surface area (Å²) >= 11 is 0. The summed E-state index contributed by atoms with van der Waals surface area (Å²) in [6.45, 7) is 12.4. The Hall–Kier alpha value is -0.0800. The Balaban J connectivity index is 2.42. The highest BCUT2D eigenvalue weighted by Gasteiger charge is 2.40. The Bertz CT molecular complexity index is 231. The van der Waals surface area contributed by atoms with Crippen molar-refractivity contribution in [1.29, 1.82) is 0 Å². The summed E-state index contributed by atoms with van der Waals surface area (Å²) in [5, 5.41) is 3.72. The minimum atomic E-state index is 0.407. The van der Waals surface area contributed by atoms with Crippen LogP contribution in [0, 0.1) is 11.8 Å². The van der Waals surface area contributed by atoms with Gasteiger partial charge in [0.2, 0.25) is 0 Å². The minimum Gasteiger partial charge on any atom is -0.375 e. The molecule has 0 radical (unpaired) electrons. The second kappa shape index (κ2) is 8.97. The third-order valence-corrected chi connectivity index (χ3v) is 4.87. The lowest BCUT2D eigenvalue weighted by molar-refractivity contribution is 0.0471. The Morgan fingerprint density at radius 1 is 0.947 bits per heavy atom. The van der Waals surface area contributed by atoms with E-state index in [0.29, 0.717) is 30.1 Å². The van der Waals surface area contributed by atoms with E-state index in [0.717, 1.165) is 6.54 Å². The van der Waals surface area contributed by atoms with Gasteiger partial charge in [0.15, 0.2) is 0 Å². The molecule has 2 heteroatoms. The lowest BCUT2D eigenvalue weighted by atomic mass is 9.81. The van der Waals surface area contributed by atoms with Crippen LogP contribution in [0.5, 0.6) is 0 Å². The Labute approximate surface area is 120 Å². The van der Waals surface area contributed by atoms with Crippen molar-refractivity contribution in [2.45, 2.75) is 91.4 Å². The van der Waals surface area contributed by atoms with Gasteiger partial charge in [0, 0.05) is 12.0 Å². The van der Waals surface area contributed by atoms with Gasteiger partial charge in [-0.3, -0.25) is 0 Å². The molecule has 0 aliphatic carbocycles. The highest BCUT2D eigenvalue weighted by atomic mass is 16.5. The normalized spacial score (nSPS) is 32.7. The first-order valence-corrected chi connectivity index (χ1v) is 8.50. The molecule has 1 aliphatic heterocycles. The summed E-state index contributed by atoms with van der Waals surface area (Å²) in [4.78, 5) is 0. The topological polar surface area (TPSA) is 21.3 Å². The first-order chi connectivity index (χ1) is 9.11. The SMILES string of the molecule is CCCCCCCC(NCC)C1C(C)OC(C)C1C. The summed E-state index contributed by atoms with van der Waals surface area (Å²) in [5.74, 6) is 1.36. The van der Waals surface area contributed by atoms with Crippen LogP contribution in [0.15, 0.2) is 0 Å². The van der Waals surface area contributed by atoms with Gasteiger partial charge in [-0.1, -0.05) is 52.9 Å². The summed E-state index contributed by atoms with van der Waals surface area (Å²) in [5.41, 5.74) is 0. The molecule has 5 unspecified atom stereocenters. The van der Waals surface area contributed by atoms with Gasteiger partial charge in [0.1, 0.15) is 0 Å². The zero-order valence-corrected chi connectivity index (χ0v) is 13.7. The molecule has 0 bridgehead atoms. The zero-order valence-electron chi connectivity index (χ0n) is 13.7. The summed E-state index contributed by atoms with van der Waals surface area (Å²) in [7, 11) is 0. The van der Waals surface area contributed by atoms with E-state index in [1.165, 1.54) is 38.5 Å². The molecule has 19 heavy (non-hydrogen) atoms. The van der Waals surface area contributed by atoms with Crippen LogP contribution in [-0.4, -0.2) is 24.8 Å². The van der Waals surface area contributed by atoms with E-state index in [9.17, 15) is 0 Å². The van der Waals surface area contributed by atoms with Crippen molar-refractivity contribution in [3.05, 3.63) is 0 Å². The number of rotatable bonds is 9. The van der Waals surface area contributed by atoms with Crippen LogP contribution >= 0.6 is 0 Å². The van der Waals surface area contributed by atoms with Crippen molar-refractivity contribution < 1.29 is 4.74 Å². The highest BCUT2D eigenvalue weighted by Crippen LogP contribution is 2.36. The first-order valence-electron chi connectivity index (χ1n) is 8.50. The standard InChI is InChI=1S/C17H35NO/c1-6-8-9-10-11-12-16(18-7-2)17-13(3)14(4)19-15(17)5/h13-18H,6-12H2,1-5H3. The Morgan fingerprint density at radius 3 is 2.16 bits per heavy atom. The summed E-state index contributed by atoms with van der Waals surface area (Å²) in [6.07, 6.45) is 9.01. The van der Waals surface area contributed by atoms with E-state index in [1.54, 1.807) is 0 Å². The van der Waals surface area contributed by atoms with Crippen LogP contribution in [0.1, 0.15) is 73.1 Å². The lowest BCUT2D eigenvalue weighted by Crippen LogP contribution is -2.41. The van der Waals surface area contributed by atoms with E-state index in [1.807, 2.05) is 0 Å². The molecule has 114 valence electrons. The van der Waals surface area contributed by atoms with E-state index in [2.05, 4.69) is 39.9 Å². The summed E-state index contributed by atoms with van der Waals surface area (Å²) < 4.78 is 6.02. The maximum atomic E-state index is 6.02. The summed E-state index contributed by atoms with van der Waals surface area (Å²) in [6, 6.07) is 0.640. The molecule has 0 aromatic carbocycles. The molecule has 0 saturated carbocycles. The number of unbranched alkanes of at least 4 members (excludes halogenated alkanes) is 4. The third kappa shape index (κ3) is 5.07. The molecule has 1 heterocycles. The van der Waals surface area contributed by atoms with E-state index in [-0.39, 0.29) is 0 Å². The van der Waals surface area contributed by atoms with Crippen LogP contribution in [-0.2, 0) is 4.74 Å². The lowest BCUT2D eigenvalue weighted by Gasteiger charge is -2.29. The Morgan fingerprint density at radius 2 is 1.63 bits per heavy atom. The molecule has 0 aromatic rings. The van der Waals surface area contributed by atoms with E-state index >= 15 is 0 Å². The minimum absolute atomic E-state index is 0.407. The molecule has 1 N–H and O–H groups in total. The monoisotopic (exact) mass is 269 g/mol. The van der Waals surface area contributed by atoms with Crippen LogP contribution in [0.2, 0.25) is 0 Å². The quantitative estimate of drug-likeness (QED) is 0.627. The predicted molar refractivity (Wildman–Crippen MR) is 83.5 cm³/mol. The van der Waals surface area contributed by atoms with Crippen LogP contribution < -0.4 is 5.32 Å². The van der Waals surface area contributed by atoms with Crippen LogP contribution in [0.3, 0.4) is 0 Å². The fourth-order valence-corrected chi connectivity index (χ4v) is 3.65. The van der Waals surface area contributed by atoms with Crippen molar-refractivity contribution >= 4 is 0 Å². The fourth-order valence-electron chi connectivity index (χ4n) is 3.65. The zero-order chi connectivity index (χ0) is 14.3. The van der Waals surface area contributed by atoms with Gasteiger partial charge in [-0.25, -0.2) is 0 Å². The first kappa shape index (κ1) is 17.0. The van der Waals surface area contributed by atoms with Gasteiger partial charge in [-0.05, 0) is 32.7 Å². The highest BCUT2D eigenvalue weighted by molar-refractivity contribution is 4.91. The molecule has 1 saturated heterocycles. The van der Waals surface area contributed by atoms with E-state index in [4.69, 9.17) is 4.74 Å². The predicted octanol–water partition coefficient (Wildman–Crippen LogP) is 4.38. The van der Waals surface area contributed by atoms with Gasteiger partial charge in [-0.2, -0.15) is 0 Å². The van der Waals surface area contributed by atoms with Crippen molar-refractivity contribution in [3.63, 3.8) is 0 Å². The maximum absolute atomic E-state index is 6.02. The second-order valence-electron chi connectivity index (χ2n) is 6.35. The molecular formula is C17H35NO. The second-order valence-corrected chi connectivity index (χ2v) is 6.35. The molecule has 1 rings (SSSR count). The molecular weight excluding hydrogens is 234 g/mol. The molecule has 0 aromatic heterocycles. The fraction of sp³-hybridized carbons (Fsp3) is 1.00. The molecule has 2 nitrogen and oxygen atoms in total. The number of nitrogens with one attached hydrogen (secondary N) is 1. The van der Waals surface area contributed by atoms with Gasteiger partial charge < -0.3 is 10.1 Å². The molecule has 5 atom stereocenters. The van der Waals surface area contributed by atoms with Crippen molar-refractivity contribution in [2.24, 2.45) is 11.8 Å². The molecule has 0 spiro atoms. The third-order valence-electron chi connectivity index (χ3n) is 4.87. The van der Waals surface area contributed by atoms with E-state index < -0.39 is 0 Å². The molecule has 1 fully saturated rings. The van der Waals surface area contributed by atoms with Crippen molar-refractivity contribution in [3.8, 4) is 0 Å². The maximum Gasteiger partial charge on any atom is 0.0597 e. The number of hydrogen-bond acceptors (Lipinski definition) is 2. The largest absolute Gasteiger partial charge is 0.375 e. The van der Waals surface area contributed by atoms with Gasteiger partial charge in [0.05, 0.1) is 12.2 Å². The van der Waals surface area contributed by atoms with Gasteiger partial charge in [0.25, 0.3) is 0 Å². The molecule has 0 amide bonds. The smallest absolute Gasteiger partial charge is 0.0597 e. The van der Waals surface area contributed by atoms with Crippen LogP contribution in [0.4, 0.5) is 0 Å². The Kier molecular flexibility index (Phi) is 8.01. The molecule has 1 aliphatic rings. The van der Waals surface area contributed by atoms with Gasteiger partial charge >= 0.3 is 0 Å². The average Bonchev–Trinajstić information content (AvgIpc) is 2.62. The van der Waals surface area contributed by atoms with Crippen LogP contribution in [0.25, 0.3) is 0 Å². The van der Waals surface area contributed by atoms with Crippen molar-refractivity contribution in [2.75, 3.05) is 6.54 Å². The average molecular weight is 269 g/mol. The van der Waals surface area contributed by atoms with Gasteiger partial charge in [-0.15, -0.1) is 0 Å². The number of ether oxygens (including phenoxy) is 1. The number of hydrogen-bond donors (Lipinski definition) is 1.